The number of rotatable bonds is 4. The summed E-state index contributed by atoms with van der Waals surface area (Å²) in [5.74, 6) is -0.0437. The Morgan fingerprint density at radius 3 is 2.80 bits per heavy atom. The zero-order chi connectivity index (χ0) is 14.5. The minimum absolute atomic E-state index is 0.0437. The van der Waals surface area contributed by atoms with Crippen LogP contribution in [0.4, 0.5) is 11.4 Å². The number of nitrogens with two attached hydrogens (primary N) is 1. The summed E-state index contributed by atoms with van der Waals surface area (Å²) in [6.07, 6.45) is 1.82. The second-order valence-corrected chi connectivity index (χ2v) is 5.51. The van der Waals surface area contributed by atoms with Crippen LogP contribution in [0.25, 0.3) is 0 Å². The molecule has 2 rings (SSSR count). The van der Waals surface area contributed by atoms with E-state index in [9.17, 15) is 9.90 Å². The fourth-order valence-electron chi connectivity index (χ4n) is 2.25. The zero-order valence-corrected chi connectivity index (χ0v) is 12.1. The summed E-state index contributed by atoms with van der Waals surface area (Å²) < 4.78 is 0. The van der Waals surface area contributed by atoms with E-state index in [0.29, 0.717) is 29.4 Å². The predicted octanol–water partition coefficient (Wildman–Crippen LogP) is 1.71. The van der Waals surface area contributed by atoms with Crippen molar-refractivity contribution in [3.63, 3.8) is 0 Å². The maximum Gasteiger partial charge on any atom is 0.225 e. The molecule has 1 aromatic carbocycles. The van der Waals surface area contributed by atoms with Gasteiger partial charge in [0.05, 0.1) is 16.8 Å². The van der Waals surface area contributed by atoms with Crippen molar-refractivity contribution in [2.75, 3.05) is 30.7 Å². The summed E-state index contributed by atoms with van der Waals surface area (Å²) in [7, 11) is 0. The quantitative estimate of drug-likeness (QED) is 0.739. The molecule has 0 atom stereocenters. The molecule has 0 saturated carbocycles. The van der Waals surface area contributed by atoms with Gasteiger partial charge in [0, 0.05) is 31.7 Å². The first kappa shape index (κ1) is 15.1. The van der Waals surface area contributed by atoms with Gasteiger partial charge in [-0.25, -0.2) is 0 Å². The lowest BCUT2D eigenvalue weighted by Gasteiger charge is -2.29. The molecule has 110 valence electrons. The van der Waals surface area contributed by atoms with Gasteiger partial charge < -0.3 is 21.1 Å². The molecule has 0 aliphatic carbocycles. The number of anilines is 2. The van der Waals surface area contributed by atoms with Crippen molar-refractivity contribution in [2.45, 2.75) is 25.4 Å². The third-order valence-corrected chi connectivity index (χ3v) is 3.84. The van der Waals surface area contributed by atoms with Crippen molar-refractivity contribution in [3.8, 4) is 0 Å². The zero-order valence-electron chi connectivity index (χ0n) is 11.3. The van der Waals surface area contributed by atoms with E-state index in [2.05, 4.69) is 10.2 Å². The van der Waals surface area contributed by atoms with Crippen molar-refractivity contribution in [1.82, 2.24) is 4.90 Å². The molecule has 0 bridgehead atoms. The summed E-state index contributed by atoms with van der Waals surface area (Å²) in [5.41, 5.74) is 6.80. The number of aliphatic hydroxyl groups is 1. The Hall–Kier alpha value is -1.30. The van der Waals surface area contributed by atoms with Crippen LogP contribution in [-0.2, 0) is 4.79 Å². The van der Waals surface area contributed by atoms with E-state index in [4.69, 9.17) is 17.3 Å². The van der Waals surface area contributed by atoms with E-state index in [1.807, 2.05) is 0 Å². The normalized spacial score (nSPS) is 17.1. The smallest absolute Gasteiger partial charge is 0.225 e. The lowest BCUT2D eigenvalue weighted by Crippen LogP contribution is -2.37. The lowest BCUT2D eigenvalue weighted by atomic mass is 10.1. The SMILES string of the molecule is Nc1cc(NC(=O)CCN2CCC(O)CC2)ccc1Cl. The Morgan fingerprint density at radius 2 is 2.15 bits per heavy atom. The molecule has 1 amide bonds. The fraction of sp³-hybridized carbons (Fsp3) is 0.500. The van der Waals surface area contributed by atoms with Crippen molar-refractivity contribution < 1.29 is 9.90 Å². The highest BCUT2D eigenvalue weighted by Gasteiger charge is 2.17. The molecule has 1 heterocycles. The minimum atomic E-state index is -0.183. The molecule has 0 spiro atoms. The number of benzene rings is 1. The number of hydrogen-bond acceptors (Lipinski definition) is 4. The van der Waals surface area contributed by atoms with Crippen LogP contribution >= 0.6 is 11.6 Å². The molecule has 5 nitrogen and oxygen atoms in total. The molecule has 20 heavy (non-hydrogen) atoms. The van der Waals surface area contributed by atoms with E-state index in [0.717, 1.165) is 25.9 Å². The predicted molar refractivity (Wildman–Crippen MR) is 80.8 cm³/mol. The molecule has 1 saturated heterocycles. The Morgan fingerprint density at radius 1 is 1.45 bits per heavy atom. The highest BCUT2D eigenvalue weighted by Crippen LogP contribution is 2.22. The van der Waals surface area contributed by atoms with Gasteiger partial charge >= 0.3 is 0 Å². The van der Waals surface area contributed by atoms with Gasteiger partial charge in [0.15, 0.2) is 0 Å². The largest absolute Gasteiger partial charge is 0.397 e. The van der Waals surface area contributed by atoms with E-state index in [-0.39, 0.29) is 12.0 Å². The molecule has 1 aliphatic heterocycles. The van der Waals surface area contributed by atoms with E-state index >= 15 is 0 Å². The van der Waals surface area contributed by atoms with E-state index in [1.54, 1.807) is 18.2 Å². The van der Waals surface area contributed by atoms with Crippen molar-refractivity contribution in [3.05, 3.63) is 23.2 Å². The molecular formula is C14H20ClN3O2. The summed E-state index contributed by atoms with van der Waals surface area (Å²) in [6.45, 7) is 2.41. The molecule has 0 unspecified atom stereocenters. The highest BCUT2D eigenvalue weighted by atomic mass is 35.5. The first-order chi connectivity index (χ1) is 9.54. The van der Waals surface area contributed by atoms with Crippen LogP contribution < -0.4 is 11.1 Å². The number of piperidine rings is 1. The topological polar surface area (TPSA) is 78.6 Å². The number of aliphatic hydroxyl groups excluding tert-OH is 1. The number of nitrogen functional groups attached to an aromatic ring is 1. The second-order valence-electron chi connectivity index (χ2n) is 5.11. The summed E-state index contributed by atoms with van der Waals surface area (Å²) in [4.78, 5) is 14.1. The van der Waals surface area contributed by atoms with Crippen molar-refractivity contribution in [2.24, 2.45) is 0 Å². The number of nitrogens with one attached hydrogen (secondary N) is 1. The third kappa shape index (κ3) is 4.37. The second kappa shape index (κ2) is 6.92. The van der Waals surface area contributed by atoms with Crippen LogP contribution in [0.1, 0.15) is 19.3 Å². The Balaban J connectivity index is 1.76. The molecular weight excluding hydrogens is 278 g/mol. The number of carbonyl (C=O) groups is 1. The average Bonchev–Trinajstić information content (AvgIpc) is 2.42. The molecule has 1 aromatic rings. The number of amides is 1. The van der Waals surface area contributed by atoms with Gasteiger partial charge in [-0.15, -0.1) is 0 Å². The fourth-order valence-corrected chi connectivity index (χ4v) is 2.37. The molecule has 6 heteroatoms. The van der Waals surface area contributed by atoms with Crippen molar-refractivity contribution >= 4 is 28.9 Å². The Labute approximate surface area is 123 Å². The van der Waals surface area contributed by atoms with Crippen molar-refractivity contribution in [1.29, 1.82) is 0 Å². The third-order valence-electron chi connectivity index (χ3n) is 3.49. The van der Waals surface area contributed by atoms with Gasteiger partial charge in [0.2, 0.25) is 5.91 Å². The van der Waals surface area contributed by atoms with Crippen LogP contribution in [0.15, 0.2) is 18.2 Å². The van der Waals surface area contributed by atoms with Gasteiger partial charge in [-0.2, -0.15) is 0 Å². The highest BCUT2D eigenvalue weighted by molar-refractivity contribution is 6.33. The van der Waals surface area contributed by atoms with Gasteiger partial charge in [0.1, 0.15) is 0 Å². The Bertz CT molecular complexity index is 473. The summed E-state index contributed by atoms with van der Waals surface area (Å²) >= 11 is 5.83. The van der Waals surface area contributed by atoms with E-state index < -0.39 is 0 Å². The first-order valence-electron chi connectivity index (χ1n) is 6.80. The maximum atomic E-state index is 11.9. The van der Waals surface area contributed by atoms with Crippen LogP contribution in [0.2, 0.25) is 5.02 Å². The number of nitrogens with zero attached hydrogens (tertiary/aromatic N) is 1. The van der Waals surface area contributed by atoms with Crippen LogP contribution in [-0.4, -0.2) is 41.7 Å². The lowest BCUT2D eigenvalue weighted by molar-refractivity contribution is -0.116. The molecule has 0 aromatic heterocycles. The molecule has 1 aliphatic rings. The monoisotopic (exact) mass is 297 g/mol. The van der Waals surface area contributed by atoms with E-state index in [1.165, 1.54) is 0 Å². The summed E-state index contributed by atoms with van der Waals surface area (Å²) in [6, 6.07) is 5.05. The molecule has 1 fully saturated rings. The number of likely N-dealkylation sites (tertiary alicyclic amines) is 1. The van der Waals surface area contributed by atoms with Gasteiger partial charge in [0.25, 0.3) is 0 Å². The average molecular weight is 298 g/mol. The van der Waals surface area contributed by atoms with Gasteiger partial charge in [-0.3, -0.25) is 4.79 Å². The number of carbonyl (C=O) groups excluding carboxylic acids is 1. The standard InChI is InChI=1S/C14H20ClN3O2/c15-12-2-1-10(9-13(12)16)17-14(20)5-8-18-6-3-11(19)4-7-18/h1-2,9,11,19H,3-8,16H2,(H,17,20). The van der Waals surface area contributed by atoms with Crippen LogP contribution in [0, 0.1) is 0 Å². The van der Waals surface area contributed by atoms with Crippen LogP contribution in [0.3, 0.4) is 0 Å². The summed E-state index contributed by atoms with van der Waals surface area (Å²) in [5, 5.41) is 12.7. The van der Waals surface area contributed by atoms with Gasteiger partial charge in [-0.05, 0) is 31.0 Å². The maximum absolute atomic E-state index is 11.9. The van der Waals surface area contributed by atoms with Gasteiger partial charge in [-0.1, -0.05) is 11.6 Å². The number of halogens is 1. The first-order valence-corrected chi connectivity index (χ1v) is 7.17. The molecule has 0 radical (unpaired) electrons. The Kier molecular flexibility index (Phi) is 5.23. The minimum Gasteiger partial charge on any atom is -0.397 e. The van der Waals surface area contributed by atoms with Crippen LogP contribution in [0.5, 0.6) is 0 Å². The molecule has 4 N–H and O–H groups in total. The number of hydrogen-bond donors (Lipinski definition) is 3.